The van der Waals surface area contributed by atoms with Crippen molar-refractivity contribution in [1.29, 1.82) is 0 Å². The maximum absolute atomic E-state index is 12.4. The maximum Gasteiger partial charge on any atom is 0.249 e. The summed E-state index contributed by atoms with van der Waals surface area (Å²) < 4.78 is 0. The Hall–Kier alpha value is -0.950. The van der Waals surface area contributed by atoms with E-state index >= 15 is 0 Å². The molecular weight excluding hydrogens is 526 g/mol. The van der Waals surface area contributed by atoms with Gasteiger partial charge in [0.25, 0.3) is 0 Å². The van der Waals surface area contributed by atoms with Gasteiger partial charge in [-0.2, -0.15) is 0 Å². The lowest BCUT2D eigenvalue weighted by Gasteiger charge is -2.27. The maximum atomic E-state index is 12.4. The van der Waals surface area contributed by atoms with Crippen molar-refractivity contribution in [2.24, 2.45) is 0 Å². The molecule has 5 N–H and O–H groups in total. The fraction of sp³-hybridized carbons (Fsp3) is 0.917. The molecule has 0 aliphatic rings. The van der Waals surface area contributed by atoms with Gasteiger partial charge in [-0.3, -0.25) is 4.79 Å². The van der Waals surface area contributed by atoms with Gasteiger partial charge in [0.1, 0.15) is 12.2 Å². The first kappa shape index (κ1) is 41.0. The van der Waals surface area contributed by atoms with Gasteiger partial charge in [0.05, 0.1) is 18.8 Å². The molecule has 0 saturated heterocycles. The number of allylic oxidation sites excluding steroid dienone is 2. The van der Waals surface area contributed by atoms with Gasteiger partial charge in [0.2, 0.25) is 5.91 Å². The molecule has 6 heteroatoms. The highest BCUT2D eigenvalue weighted by Crippen LogP contribution is 2.15. The van der Waals surface area contributed by atoms with Crippen molar-refractivity contribution in [2.45, 2.75) is 205 Å². The minimum Gasteiger partial charge on any atom is -0.394 e. The van der Waals surface area contributed by atoms with Gasteiger partial charge < -0.3 is 25.7 Å². The van der Waals surface area contributed by atoms with Crippen molar-refractivity contribution in [1.82, 2.24) is 5.32 Å². The van der Waals surface area contributed by atoms with Gasteiger partial charge in [-0.15, -0.1) is 0 Å². The minimum atomic E-state index is -1.27. The Bertz CT molecular complexity index is 599. The Morgan fingerprint density at radius 3 is 1.43 bits per heavy atom. The van der Waals surface area contributed by atoms with Crippen LogP contribution in [0.1, 0.15) is 181 Å². The average Bonchev–Trinajstić information content (AvgIpc) is 2.99. The zero-order valence-electron chi connectivity index (χ0n) is 27.8. The highest BCUT2D eigenvalue weighted by atomic mass is 16.3. The Kier molecular flexibility index (Phi) is 30.8. The molecule has 0 spiro atoms. The summed E-state index contributed by atoms with van der Waals surface area (Å²) in [5.74, 6) is -0.595. The Morgan fingerprint density at radius 2 is 0.976 bits per heavy atom. The molecule has 42 heavy (non-hydrogen) atoms. The molecule has 0 saturated carbocycles. The molecule has 0 aromatic rings. The van der Waals surface area contributed by atoms with E-state index in [1.54, 1.807) is 0 Å². The van der Waals surface area contributed by atoms with Gasteiger partial charge in [0, 0.05) is 0 Å². The van der Waals surface area contributed by atoms with Crippen molar-refractivity contribution < 1.29 is 25.2 Å². The number of hydrogen-bond donors (Lipinski definition) is 5. The Labute approximate surface area is 260 Å². The minimum absolute atomic E-state index is 0.367. The monoisotopic (exact) mass is 598 g/mol. The molecule has 1 amide bonds. The summed E-state index contributed by atoms with van der Waals surface area (Å²) >= 11 is 0. The molecular formula is C36H71NO5. The van der Waals surface area contributed by atoms with Crippen LogP contribution in [0.4, 0.5) is 0 Å². The van der Waals surface area contributed by atoms with Crippen LogP contribution in [0, 0.1) is 0 Å². The predicted octanol–water partition coefficient (Wildman–Crippen LogP) is 8.28. The van der Waals surface area contributed by atoms with Crippen LogP contribution in [0.25, 0.3) is 0 Å². The quantitative estimate of drug-likeness (QED) is 0.0396. The van der Waals surface area contributed by atoms with Crippen LogP contribution in [-0.4, -0.2) is 57.3 Å². The van der Waals surface area contributed by atoms with Crippen molar-refractivity contribution in [3.63, 3.8) is 0 Å². The van der Waals surface area contributed by atoms with E-state index in [-0.39, 0.29) is 0 Å². The topological polar surface area (TPSA) is 110 Å². The largest absolute Gasteiger partial charge is 0.394 e. The first-order valence-electron chi connectivity index (χ1n) is 18.1. The van der Waals surface area contributed by atoms with E-state index < -0.39 is 36.9 Å². The van der Waals surface area contributed by atoms with Crippen LogP contribution >= 0.6 is 0 Å². The van der Waals surface area contributed by atoms with Crippen LogP contribution in [0.5, 0.6) is 0 Å². The van der Waals surface area contributed by atoms with E-state index in [0.717, 1.165) is 38.5 Å². The molecule has 4 unspecified atom stereocenters. The summed E-state index contributed by atoms with van der Waals surface area (Å²) in [7, 11) is 0. The number of nitrogens with one attached hydrogen (secondary N) is 1. The molecule has 0 heterocycles. The van der Waals surface area contributed by atoms with Crippen molar-refractivity contribution in [2.75, 3.05) is 6.61 Å². The number of carbonyl (C=O) groups excluding carboxylic acids is 1. The second-order valence-corrected chi connectivity index (χ2v) is 12.6. The number of unbranched alkanes of at least 4 members (excludes halogenated alkanes) is 21. The second-order valence-electron chi connectivity index (χ2n) is 12.6. The lowest BCUT2D eigenvalue weighted by atomic mass is 10.00. The Morgan fingerprint density at radius 1 is 0.571 bits per heavy atom. The molecule has 0 aliphatic carbocycles. The standard InChI is InChI=1S/C36H71NO5/c1-3-5-7-9-11-13-14-15-16-17-18-19-20-22-24-26-28-30-34(40)36(42)37-32(31-38)35(41)33(39)29-27-25-23-21-12-10-8-6-4-2/h21,23,32-35,38-41H,3-20,22,24-31H2,1-2H3,(H,37,42)/b23-21+. The summed E-state index contributed by atoms with van der Waals surface area (Å²) in [6.45, 7) is 3.98. The fourth-order valence-electron chi connectivity index (χ4n) is 5.52. The highest BCUT2D eigenvalue weighted by molar-refractivity contribution is 5.80. The Balaban J connectivity index is 3.79. The molecule has 0 rings (SSSR count). The summed E-state index contributed by atoms with van der Waals surface area (Å²) in [6, 6.07) is -0.994. The number of hydrogen-bond acceptors (Lipinski definition) is 5. The third-order valence-electron chi connectivity index (χ3n) is 8.48. The third-order valence-corrected chi connectivity index (χ3v) is 8.48. The van der Waals surface area contributed by atoms with Gasteiger partial charge in [0.15, 0.2) is 0 Å². The number of rotatable bonds is 32. The van der Waals surface area contributed by atoms with E-state index in [2.05, 4.69) is 31.3 Å². The van der Waals surface area contributed by atoms with Crippen molar-refractivity contribution in [3.05, 3.63) is 12.2 Å². The summed E-state index contributed by atoms with van der Waals surface area (Å²) in [5.41, 5.74) is 0. The molecule has 6 nitrogen and oxygen atoms in total. The molecule has 0 aromatic carbocycles. The van der Waals surface area contributed by atoms with Gasteiger partial charge in [-0.05, 0) is 38.5 Å². The average molecular weight is 598 g/mol. The smallest absolute Gasteiger partial charge is 0.249 e. The van der Waals surface area contributed by atoms with Crippen LogP contribution in [0.15, 0.2) is 12.2 Å². The number of carbonyl (C=O) groups is 1. The SMILES string of the molecule is CCCCCC/C=C/CCCC(O)C(O)C(CO)NC(=O)C(O)CCCCCCCCCCCCCCCCCCC. The van der Waals surface area contributed by atoms with Gasteiger partial charge in [-0.25, -0.2) is 0 Å². The zero-order valence-corrected chi connectivity index (χ0v) is 27.8. The first-order chi connectivity index (χ1) is 20.5. The molecule has 0 fully saturated rings. The third kappa shape index (κ3) is 25.5. The number of aliphatic hydroxyl groups excluding tert-OH is 4. The van der Waals surface area contributed by atoms with E-state index in [0.29, 0.717) is 12.8 Å². The van der Waals surface area contributed by atoms with Crippen LogP contribution < -0.4 is 5.32 Å². The molecule has 0 aromatic heterocycles. The van der Waals surface area contributed by atoms with Gasteiger partial charge in [-0.1, -0.05) is 154 Å². The summed E-state index contributed by atoms with van der Waals surface area (Å²) in [6.07, 6.45) is 31.0. The number of aliphatic hydroxyl groups is 4. The fourth-order valence-corrected chi connectivity index (χ4v) is 5.52. The van der Waals surface area contributed by atoms with Crippen LogP contribution in [-0.2, 0) is 4.79 Å². The zero-order chi connectivity index (χ0) is 31.1. The molecule has 250 valence electrons. The summed E-state index contributed by atoms with van der Waals surface area (Å²) in [5, 5.41) is 43.2. The normalized spacial score (nSPS) is 14.7. The van der Waals surface area contributed by atoms with Crippen LogP contribution in [0.2, 0.25) is 0 Å². The lowest BCUT2D eigenvalue weighted by molar-refractivity contribution is -0.132. The van der Waals surface area contributed by atoms with Crippen molar-refractivity contribution in [3.8, 4) is 0 Å². The van der Waals surface area contributed by atoms with Gasteiger partial charge >= 0.3 is 0 Å². The van der Waals surface area contributed by atoms with E-state index in [4.69, 9.17) is 0 Å². The lowest BCUT2D eigenvalue weighted by Crippen LogP contribution is -2.53. The predicted molar refractivity (Wildman–Crippen MR) is 178 cm³/mol. The molecule has 0 radical (unpaired) electrons. The van der Waals surface area contributed by atoms with E-state index in [1.165, 1.54) is 116 Å². The van der Waals surface area contributed by atoms with Crippen molar-refractivity contribution >= 4 is 5.91 Å². The number of amides is 1. The molecule has 4 atom stereocenters. The second kappa shape index (κ2) is 31.5. The van der Waals surface area contributed by atoms with E-state index in [1.807, 2.05) is 0 Å². The molecule has 0 bridgehead atoms. The van der Waals surface area contributed by atoms with E-state index in [9.17, 15) is 25.2 Å². The van der Waals surface area contributed by atoms with Crippen LogP contribution in [0.3, 0.4) is 0 Å². The summed E-state index contributed by atoms with van der Waals surface area (Å²) in [4.78, 5) is 12.4. The first-order valence-corrected chi connectivity index (χ1v) is 18.1. The molecule has 0 aliphatic heterocycles. The highest BCUT2D eigenvalue weighted by Gasteiger charge is 2.28.